The maximum absolute atomic E-state index is 14.0. The van der Waals surface area contributed by atoms with Crippen LogP contribution in [-0.2, 0) is 19.6 Å². The van der Waals surface area contributed by atoms with Crippen LogP contribution in [0.2, 0.25) is 0 Å². The lowest BCUT2D eigenvalue weighted by molar-refractivity contribution is -0.137. The summed E-state index contributed by atoms with van der Waals surface area (Å²) < 4.78 is 43.7. The van der Waals surface area contributed by atoms with Crippen LogP contribution >= 0.6 is 0 Å². The fourth-order valence-electron chi connectivity index (χ4n) is 5.74. The molecule has 2 fully saturated rings. The molecule has 37 heavy (non-hydrogen) atoms. The Hall–Kier alpha value is -3.41. The molecule has 0 radical (unpaired) electrons. The van der Waals surface area contributed by atoms with Crippen molar-refractivity contribution >= 4 is 17.5 Å². The van der Waals surface area contributed by atoms with Gasteiger partial charge in [0, 0.05) is 55.9 Å². The molecule has 1 saturated carbocycles. The van der Waals surface area contributed by atoms with Crippen LogP contribution in [0.15, 0.2) is 24.8 Å². The summed E-state index contributed by atoms with van der Waals surface area (Å²) in [6.45, 7) is 1.16. The highest BCUT2D eigenvalue weighted by atomic mass is 19.4. The first-order chi connectivity index (χ1) is 17.7. The van der Waals surface area contributed by atoms with Gasteiger partial charge < -0.3 is 20.5 Å². The fourth-order valence-corrected chi connectivity index (χ4v) is 5.74. The highest BCUT2D eigenvalue weighted by Crippen LogP contribution is 2.40. The van der Waals surface area contributed by atoms with E-state index in [9.17, 15) is 18.0 Å². The molecule has 5 heterocycles. The predicted octanol–water partition coefficient (Wildman–Crippen LogP) is 3.90. The van der Waals surface area contributed by atoms with Gasteiger partial charge in [-0.05, 0) is 50.5 Å². The summed E-state index contributed by atoms with van der Waals surface area (Å²) in [4.78, 5) is 26.3. The van der Waals surface area contributed by atoms with E-state index in [0.29, 0.717) is 30.6 Å². The smallest absolute Gasteiger partial charge is 0.356 e. The summed E-state index contributed by atoms with van der Waals surface area (Å²) in [5.74, 6) is -0.142. The lowest BCUT2D eigenvalue weighted by Gasteiger charge is -2.47. The van der Waals surface area contributed by atoms with E-state index >= 15 is 0 Å². The quantitative estimate of drug-likeness (QED) is 0.488. The highest BCUT2D eigenvalue weighted by Gasteiger charge is 2.41. The molecule has 0 bridgehead atoms. The molecule has 3 aromatic rings. The number of H-pyrrole nitrogens is 1. The van der Waals surface area contributed by atoms with Gasteiger partial charge >= 0.3 is 6.18 Å². The van der Waals surface area contributed by atoms with E-state index in [4.69, 9.17) is 0 Å². The molecule has 6 rings (SSSR count). The SMILES string of the molecule is Cn1cc(N2CCCc3c(-c4nc(NC5CCC6(CCC6)NC5)ncc4C(F)(F)F)c[nH]c3C2=O)cn1. The second-order valence-corrected chi connectivity index (χ2v) is 10.3. The minimum Gasteiger partial charge on any atom is -0.356 e. The van der Waals surface area contributed by atoms with E-state index in [2.05, 4.69) is 30.7 Å². The Labute approximate surface area is 211 Å². The number of aromatic amines is 1. The lowest BCUT2D eigenvalue weighted by Crippen LogP contribution is -2.58. The van der Waals surface area contributed by atoms with Crippen molar-refractivity contribution in [2.45, 2.75) is 62.7 Å². The van der Waals surface area contributed by atoms with Gasteiger partial charge in [0.05, 0.1) is 17.6 Å². The zero-order valence-corrected chi connectivity index (χ0v) is 20.5. The summed E-state index contributed by atoms with van der Waals surface area (Å²) in [6, 6.07) is 0.0359. The first-order valence-electron chi connectivity index (χ1n) is 12.7. The average molecular weight is 515 g/mol. The van der Waals surface area contributed by atoms with Crippen molar-refractivity contribution in [3.05, 3.63) is 41.6 Å². The molecule has 3 N–H and O–H groups in total. The number of nitrogens with zero attached hydrogens (tertiary/aromatic N) is 5. The molecule has 0 aromatic carbocycles. The number of hydrogen-bond acceptors (Lipinski definition) is 6. The Morgan fingerprint density at radius 3 is 2.68 bits per heavy atom. The van der Waals surface area contributed by atoms with E-state index in [1.54, 1.807) is 29.0 Å². The molecule has 1 amide bonds. The van der Waals surface area contributed by atoms with Crippen LogP contribution in [0.25, 0.3) is 11.3 Å². The van der Waals surface area contributed by atoms with Gasteiger partial charge in [-0.25, -0.2) is 9.97 Å². The maximum atomic E-state index is 14.0. The standard InChI is InChI=1S/C25H29F3N8O/c1-35-14-16(11-32-35)36-9-2-4-17-18(12-29-21(17)22(36)37)20-19(25(26,27)28)13-30-23(34-20)33-15-5-8-24(31-10-15)6-3-7-24/h11-15,29,31H,2-10H2,1H3,(H,30,33,34). The van der Waals surface area contributed by atoms with Crippen molar-refractivity contribution in [2.75, 3.05) is 23.3 Å². The van der Waals surface area contributed by atoms with E-state index in [1.165, 1.54) is 25.5 Å². The molecule has 12 heteroatoms. The molecule has 1 spiro atoms. The third-order valence-corrected chi connectivity index (χ3v) is 7.95. The molecule has 1 saturated heterocycles. The molecule has 3 aromatic heterocycles. The van der Waals surface area contributed by atoms with E-state index in [0.717, 1.165) is 25.6 Å². The van der Waals surface area contributed by atoms with Gasteiger partial charge in [0.2, 0.25) is 5.95 Å². The number of amides is 1. The number of aromatic nitrogens is 5. The molecule has 1 aliphatic carbocycles. The van der Waals surface area contributed by atoms with Crippen LogP contribution in [0.3, 0.4) is 0 Å². The van der Waals surface area contributed by atoms with Crippen molar-refractivity contribution in [2.24, 2.45) is 7.05 Å². The fraction of sp³-hybridized carbons (Fsp3) is 0.520. The Bertz CT molecular complexity index is 1320. The lowest BCUT2D eigenvalue weighted by atomic mass is 9.71. The second-order valence-electron chi connectivity index (χ2n) is 10.3. The minimum atomic E-state index is -4.64. The maximum Gasteiger partial charge on any atom is 0.419 e. The molecule has 9 nitrogen and oxygen atoms in total. The molecule has 1 unspecified atom stereocenters. The van der Waals surface area contributed by atoms with E-state index in [-0.39, 0.29) is 40.4 Å². The van der Waals surface area contributed by atoms with Crippen LogP contribution in [0.1, 0.15) is 60.1 Å². The normalized spacial score (nSPS) is 21.5. The van der Waals surface area contributed by atoms with Crippen LogP contribution in [0.4, 0.5) is 24.8 Å². The molecular weight excluding hydrogens is 485 g/mol. The third-order valence-electron chi connectivity index (χ3n) is 7.95. The number of carbonyl (C=O) groups excluding carboxylic acids is 1. The number of aryl methyl sites for hydroxylation is 1. The van der Waals surface area contributed by atoms with Gasteiger partial charge in [0.1, 0.15) is 11.3 Å². The number of fused-ring (bicyclic) bond motifs is 1. The van der Waals surface area contributed by atoms with Crippen LogP contribution in [0.5, 0.6) is 0 Å². The van der Waals surface area contributed by atoms with Crippen LogP contribution in [0, 0.1) is 0 Å². The summed E-state index contributed by atoms with van der Waals surface area (Å²) in [6.07, 6.45) is 7.55. The topological polar surface area (TPSA) is 104 Å². The molecule has 1 atom stereocenters. The zero-order valence-electron chi connectivity index (χ0n) is 20.5. The van der Waals surface area contributed by atoms with Crippen molar-refractivity contribution in [3.8, 4) is 11.3 Å². The largest absolute Gasteiger partial charge is 0.419 e. The van der Waals surface area contributed by atoms with Gasteiger partial charge in [-0.2, -0.15) is 18.3 Å². The number of carbonyl (C=O) groups is 1. The highest BCUT2D eigenvalue weighted by molar-refractivity contribution is 6.07. The van der Waals surface area contributed by atoms with Gasteiger partial charge in [0.15, 0.2) is 0 Å². The number of nitrogens with one attached hydrogen (secondary N) is 3. The van der Waals surface area contributed by atoms with Crippen molar-refractivity contribution < 1.29 is 18.0 Å². The predicted molar refractivity (Wildman–Crippen MR) is 131 cm³/mol. The Morgan fingerprint density at radius 1 is 1.19 bits per heavy atom. The first kappa shape index (κ1) is 24.0. The van der Waals surface area contributed by atoms with Gasteiger partial charge in [-0.3, -0.25) is 9.48 Å². The second kappa shape index (κ2) is 8.86. The number of rotatable bonds is 4. The zero-order chi connectivity index (χ0) is 25.8. The molecule has 196 valence electrons. The first-order valence-corrected chi connectivity index (χ1v) is 12.7. The summed E-state index contributed by atoms with van der Waals surface area (Å²) in [5, 5.41) is 11.0. The number of alkyl halides is 3. The van der Waals surface area contributed by atoms with Gasteiger partial charge in [-0.1, -0.05) is 0 Å². The summed E-state index contributed by atoms with van der Waals surface area (Å²) in [5.41, 5.74) is 0.844. The van der Waals surface area contributed by atoms with Crippen molar-refractivity contribution in [3.63, 3.8) is 0 Å². The Morgan fingerprint density at radius 2 is 2.03 bits per heavy atom. The Balaban J connectivity index is 1.32. The van der Waals surface area contributed by atoms with Crippen LogP contribution in [-0.4, -0.2) is 55.3 Å². The molecule has 2 aliphatic heterocycles. The molecule has 3 aliphatic rings. The Kier molecular flexibility index (Phi) is 5.74. The number of halogens is 3. The average Bonchev–Trinajstić information content (AvgIpc) is 3.42. The van der Waals surface area contributed by atoms with Crippen molar-refractivity contribution in [1.29, 1.82) is 0 Å². The molecular formula is C25H29F3N8O. The number of anilines is 2. The monoisotopic (exact) mass is 514 g/mol. The summed E-state index contributed by atoms with van der Waals surface area (Å²) >= 11 is 0. The van der Waals surface area contributed by atoms with Gasteiger partial charge in [-0.15, -0.1) is 0 Å². The van der Waals surface area contributed by atoms with Crippen molar-refractivity contribution in [1.82, 2.24) is 30.0 Å². The number of piperidine rings is 1. The van der Waals surface area contributed by atoms with Crippen LogP contribution < -0.4 is 15.5 Å². The summed E-state index contributed by atoms with van der Waals surface area (Å²) in [7, 11) is 1.76. The van der Waals surface area contributed by atoms with E-state index < -0.39 is 11.7 Å². The third kappa shape index (κ3) is 4.36. The van der Waals surface area contributed by atoms with E-state index in [1.807, 2.05) is 0 Å². The van der Waals surface area contributed by atoms with Gasteiger partial charge in [0.25, 0.3) is 5.91 Å². The minimum absolute atomic E-state index is 0.0359. The number of hydrogen-bond donors (Lipinski definition) is 3.